The molecule has 11 nitrogen and oxygen atoms in total. The number of hydrogen-bond donors (Lipinski definition) is 3. The minimum atomic E-state index is -1.12. The number of aliphatic carboxylic acids is 1. The molecule has 0 aromatic heterocycles. The first-order valence-corrected chi connectivity index (χ1v) is 11.6. The van der Waals surface area contributed by atoms with Crippen molar-refractivity contribution in [1.82, 2.24) is 10.6 Å². The number of hydrogen-bond acceptors (Lipinski definition) is 8. The maximum Gasteiger partial charge on any atom is 0.326 e. The van der Waals surface area contributed by atoms with E-state index >= 15 is 0 Å². The molecule has 0 aliphatic carbocycles. The van der Waals surface area contributed by atoms with Gasteiger partial charge in [-0.1, -0.05) is 15.9 Å². The molecule has 0 unspecified atom stereocenters. The Balaban J connectivity index is 3.71. The van der Waals surface area contributed by atoms with Crippen molar-refractivity contribution in [3.05, 3.63) is 0 Å². The van der Waals surface area contributed by atoms with Crippen LogP contribution in [-0.4, -0.2) is 99.9 Å². The number of carbonyl (C=O) groups is 4. The number of nitrogens with one attached hydrogen (secondary N) is 2. The van der Waals surface area contributed by atoms with Gasteiger partial charge in [0.15, 0.2) is 5.78 Å². The van der Waals surface area contributed by atoms with Gasteiger partial charge in [0, 0.05) is 26.7 Å². The molecule has 12 heteroatoms. The number of methoxy groups -OCH3 is 1. The number of amides is 2. The third-order valence-corrected chi connectivity index (χ3v) is 4.55. The zero-order valence-electron chi connectivity index (χ0n) is 18.6. The predicted octanol–water partition coefficient (Wildman–Crippen LogP) is 0.283. The van der Waals surface area contributed by atoms with Gasteiger partial charge in [0.1, 0.15) is 19.3 Å². The fourth-order valence-corrected chi connectivity index (χ4v) is 2.60. The Bertz CT molecular complexity index is 549. The molecule has 0 saturated heterocycles. The highest BCUT2D eigenvalue weighted by molar-refractivity contribution is 9.09. The van der Waals surface area contributed by atoms with Gasteiger partial charge in [-0.05, 0) is 25.7 Å². The smallest absolute Gasteiger partial charge is 0.326 e. The van der Waals surface area contributed by atoms with E-state index in [1.165, 1.54) is 0 Å². The van der Waals surface area contributed by atoms with E-state index in [0.717, 1.165) is 0 Å². The molecule has 186 valence electrons. The third-order valence-electron chi connectivity index (χ3n) is 4.04. The lowest BCUT2D eigenvalue weighted by atomic mass is 10.1. The predicted molar refractivity (Wildman–Crippen MR) is 119 cm³/mol. The molecule has 0 fully saturated rings. The first-order chi connectivity index (χ1) is 15.4. The van der Waals surface area contributed by atoms with E-state index in [2.05, 4.69) is 26.6 Å². The van der Waals surface area contributed by atoms with Gasteiger partial charge in [-0.15, -0.1) is 0 Å². The molecule has 0 aromatic carbocycles. The van der Waals surface area contributed by atoms with E-state index in [9.17, 15) is 24.3 Å². The largest absolute Gasteiger partial charge is 0.480 e. The number of unbranched alkanes of at least 4 members (excludes halogenated alkanes) is 1. The topological polar surface area (TPSA) is 149 Å². The maximum atomic E-state index is 11.9. The van der Waals surface area contributed by atoms with Crippen LogP contribution in [-0.2, 0) is 38.1 Å². The summed E-state index contributed by atoms with van der Waals surface area (Å²) in [6.45, 7) is 1.89. The van der Waals surface area contributed by atoms with E-state index in [0.29, 0.717) is 52.0 Å². The van der Waals surface area contributed by atoms with Crippen molar-refractivity contribution in [3.63, 3.8) is 0 Å². The van der Waals surface area contributed by atoms with Gasteiger partial charge in [0.05, 0.1) is 31.8 Å². The SMILES string of the molecule is COCCOCC(=O)CCCOCCOCC(=O)N[C@H](CCCCNC(=O)CBr)C(=O)O. The number of carboxylic acid groups (broad SMARTS) is 1. The van der Waals surface area contributed by atoms with Crippen molar-refractivity contribution in [3.8, 4) is 0 Å². The molecule has 0 saturated carbocycles. The molecule has 0 bridgehead atoms. The number of carbonyl (C=O) groups excluding carboxylic acids is 3. The average Bonchev–Trinajstić information content (AvgIpc) is 2.77. The van der Waals surface area contributed by atoms with Crippen LogP contribution in [0.5, 0.6) is 0 Å². The molecule has 0 aliphatic heterocycles. The Labute approximate surface area is 197 Å². The molecule has 1 atom stereocenters. The van der Waals surface area contributed by atoms with Crippen LogP contribution in [0.1, 0.15) is 32.1 Å². The Kier molecular flexibility index (Phi) is 20.2. The Hall–Kier alpha value is -1.60. The highest BCUT2D eigenvalue weighted by Gasteiger charge is 2.19. The number of carboxylic acids is 1. The fourth-order valence-electron chi connectivity index (χ4n) is 2.40. The Morgan fingerprint density at radius 1 is 0.875 bits per heavy atom. The second-order valence-electron chi connectivity index (χ2n) is 6.79. The van der Waals surface area contributed by atoms with E-state index < -0.39 is 17.9 Å². The highest BCUT2D eigenvalue weighted by atomic mass is 79.9. The summed E-state index contributed by atoms with van der Waals surface area (Å²) in [5.74, 6) is -1.78. The van der Waals surface area contributed by atoms with Gasteiger partial charge >= 0.3 is 5.97 Å². The number of rotatable bonds is 22. The van der Waals surface area contributed by atoms with Crippen LogP contribution >= 0.6 is 15.9 Å². The van der Waals surface area contributed by atoms with Gasteiger partial charge < -0.3 is 34.7 Å². The number of ketones is 1. The third kappa shape index (κ3) is 19.1. The Morgan fingerprint density at radius 2 is 1.56 bits per heavy atom. The van der Waals surface area contributed by atoms with Crippen molar-refractivity contribution in [2.75, 3.05) is 65.2 Å². The van der Waals surface area contributed by atoms with Gasteiger partial charge in [-0.3, -0.25) is 14.4 Å². The summed E-state index contributed by atoms with van der Waals surface area (Å²) in [5.41, 5.74) is 0. The summed E-state index contributed by atoms with van der Waals surface area (Å²) in [5, 5.41) is 14.5. The van der Waals surface area contributed by atoms with Crippen LogP contribution in [0.25, 0.3) is 0 Å². The zero-order valence-corrected chi connectivity index (χ0v) is 20.2. The second-order valence-corrected chi connectivity index (χ2v) is 7.35. The second kappa shape index (κ2) is 21.3. The van der Waals surface area contributed by atoms with E-state index in [1.54, 1.807) is 7.11 Å². The van der Waals surface area contributed by atoms with Gasteiger partial charge in [-0.25, -0.2) is 4.79 Å². The van der Waals surface area contributed by atoms with Crippen LogP contribution in [0.15, 0.2) is 0 Å². The standard InChI is InChI=1S/C20H35BrN2O9/c1-29-9-10-31-14-16(24)5-4-8-30-11-12-32-15-19(26)23-17(20(27)28)6-2-3-7-22-18(25)13-21/h17H,2-15H2,1H3,(H,22,25)(H,23,26)(H,27,28)/t17-/m1/s1. The van der Waals surface area contributed by atoms with Crippen molar-refractivity contribution >= 4 is 39.5 Å². The number of ether oxygens (including phenoxy) is 4. The molecule has 3 N–H and O–H groups in total. The lowest BCUT2D eigenvalue weighted by molar-refractivity contribution is -0.142. The quantitative estimate of drug-likeness (QED) is 0.133. The van der Waals surface area contributed by atoms with E-state index in [1.807, 2.05) is 0 Å². The number of alkyl halides is 1. The molecular formula is C20H35BrN2O9. The average molecular weight is 527 g/mol. The van der Waals surface area contributed by atoms with Crippen LogP contribution < -0.4 is 10.6 Å². The van der Waals surface area contributed by atoms with E-state index in [4.69, 9.17) is 18.9 Å². The minimum absolute atomic E-state index is 0.00528. The highest BCUT2D eigenvalue weighted by Crippen LogP contribution is 2.01. The summed E-state index contributed by atoms with van der Waals surface area (Å²) in [6, 6.07) is -1.01. The summed E-state index contributed by atoms with van der Waals surface area (Å²) in [4.78, 5) is 45.8. The summed E-state index contributed by atoms with van der Waals surface area (Å²) >= 11 is 3.03. The van der Waals surface area contributed by atoms with Crippen LogP contribution in [0.3, 0.4) is 0 Å². The monoisotopic (exact) mass is 526 g/mol. The van der Waals surface area contributed by atoms with Crippen LogP contribution in [0.4, 0.5) is 0 Å². The maximum absolute atomic E-state index is 11.9. The molecule has 0 aliphatic rings. The lowest BCUT2D eigenvalue weighted by Crippen LogP contribution is -2.42. The zero-order chi connectivity index (χ0) is 24.0. The summed E-state index contributed by atoms with van der Waals surface area (Å²) < 4.78 is 20.5. The minimum Gasteiger partial charge on any atom is -0.480 e. The molecule has 0 spiro atoms. The van der Waals surface area contributed by atoms with Crippen LogP contribution in [0.2, 0.25) is 0 Å². The summed E-state index contributed by atoms with van der Waals surface area (Å²) in [7, 11) is 1.56. The van der Waals surface area contributed by atoms with Gasteiger partial charge in [-0.2, -0.15) is 0 Å². The molecule has 0 aromatic rings. The number of halogens is 1. The molecule has 0 radical (unpaired) electrons. The molecule has 0 heterocycles. The first kappa shape index (κ1) is 30.4. The molecule has 32 heavy (non-hydrogen) atoms. The fraction of sp³-hybridized carbons (Fsp3) is 0.800. The lowest BCUT2D eigenvalue weighted by Gasteiger charge is -2.14. The van der Waals surface area contributed by atoms with Crippen LogP contribution in [0, 0.1) is 0 Å². The van der Waals surface area contributed by atoms with Crippen molar-refractivity contribution in [1.29, 1.82) is 0 Å². The molecule has 2 amide bonds. The van der Waals surface area contributed by atoms with Gasteiger partial charge in [0.25, 0.3) is 0 Å². The normalized spacial score (nSPS) is 11.7. The Morgan fingerprint density at radius 3 is 2.25 bits per heavy atom. The molecular weight excluding hydrogens is 492 g/mol. The van der Waals surface area contributed by atoms with Gasteiger partial charge in [0.2, 0.25) is 11.8 Å². The van der Waals surface area contributed by atoms with Crippen molar-refractivity contribution in [2.45, 2.75) is 38.1 Å². The summed E-state index contributed by atoms with van der Waals surface area (Å²) in [6.07, 6.45) is 2.32. The first-order valence-electron chi connectivity index (χ1n) is 10.5. The van der Waals surface area contributed by atoms with Crippen molar-refractivity contribution < 1.29 is 43.2 Å². The van der Waals surface area contributed by atoms with E-state index in [-0.39, 0.29) is 49.9 Å². The molecule has 0 rings (SSSR count). The van der Waals surface area contributed by atoms with Crippen molar-refractivity contribution in [2.24, 2.45) is 0 Å². The number of Topliss-reactive ketones (excluding diaryl/α,β-unsaturated/α-hetero) is 1.